The van der Waals surface area contributed by atoms with Crippen LogP contribution >= 0.6 is 9.12 Å². The maximum atomic E-state index is 13.8. The largest absolute Gasteiger partial charge is 0.465 e. The smallest absolute Gasteiger partial charge is 0.321 e. The number of carbonyl (C=O) groups excluding carboxylic acids is 2. The lowest BCUT2D eigenvalue weighted by molar-refractivity contribution is -0.144. The molecule has 0 saturated carbocycles. The first kappa shape index (κ1) is 33.8. The molecule has 4 nitrogen and oxygen atoms in total. The summed E-state index contributed by atoms with van der Waals surface area (Å²) in [5.41, 5.74) is 4.32. The summed E-state index contributed by atoms with van der Waals surface area (Å²) in [4.78, 5) is 27.0. The second-order valence-corrected chi connectivity index (χ2v) is 11.3. The summed E-state index contributed by atoms with van der Waals surface area (Å²) in [5, 5.41) is 0. The lowest BCUT2D eigenvalue weighted by Crippen LogP contribution is -2.26. The van der Waals surface area contributed by atoms with Gasteiger partial charge in [-0.25, -0.2) is 0 Å². The van der Waals surface area contributed by atoms with Crippen molar-refractivity contribution in [2.45, 2.75) is 117 Å². The van der Waals surface area contributed by atoms with Crippen molar-refractivity contribution in [3.8, 4) is 0 Å². The average Bonchev–Trinajstić information content (AvgIpc) is 2.88. The normalized spacial score (nSPS) is 11.9. The minimum atomic E-state index is -0.938. The molecule has 0 aliphatic heterocycles. The molecule has 0 saturated heterocycles. The molecule has 0 bridgehead atoms. The fourth-order valence-corrected chi connectivity index (χ4v) is 4.82. The van der Waals surface area contributed by atoms with Gasteiger partial charge in [-0.15, -0.1) is 0 Å². The minimum absolute atomic E-state index is 0.0100. The fraction of sp³-hybridized carbons (Fsp3) is 0.576. The maximum Gasteiger partial charge on any atom is 0.321 e. The monoisotopic (exact) mass is 542 g/mol. The number of aryl methyl sites for hydroxylation is 2. The Morgan fingerprint density at radius 3 is 1.74 bits per heavy atom. The van der Waals surface area contributed by atoms with Gasteiger partial charge in [0.25, 0.3) is 0 Å². The van der Waals surface area contributed by atoms with Crippen molar-refractivity contribution >= 4 is 20.9 Å². The zero-order chi connectivity index (χ0) is 28.6. The van der Waals surface area contributed by atoms with Crippen LogP contribution in [0.3, 0.4) is 0 Å². The quantitative estimate of drug-likeness (QED) is 0.0741. The van der Waals surface area contributed by atoms with Gasteiger partial charge in [0, 0.05) is 5.56 Å². The molecule has 0 N–H and O–H groups in total. The molecule has 212 valence electrons. The molecule has 0 spiro atoms. The van der Waals surface area contributed by atoms with E-state index in [2.05, 4.69) is 39.8 Å². The van der Waals surface area contributed by atoms with Gasteiger partial charge < -0.3 is 9.30 Å². The number of hydrogen-bond donors (Lipinski definition) is 0. The third kappa shape index (κ3) is 11.3. The number of benzene rings is 2. The van der Waals surface area contributed by atoms with Gasteiger partial charge in [0.2, 0.25) is 0 Å². The number of carbonyl (C=O) groups is 2. The zero-order valence-electron chi connectivity index (χ0n) is 24.7. The van der Waals surface area contributed by atoms with Crippen LogP contribution in [0, 0.1) is 13.8 Å². The van der Waals surface area contributed by atoms with Crippen LogP contribution in [0.5, 0.6) is 0 Å². The molecule has 0 radical (unpaired) electrons. The first-order valence-corrected chi connectivity index (χ1v) is 14.9. The van der Waals surface area contributed by atoms with E-state index in [1.165, 1.54) is 56.9 Å². The lowest BCUT2D eigenvalue weighted by atomic mass is 9.81. The predicted octanol–water partition coefficient (Wildman–Crippen LogP) is 8.97. The maximum absolute atomic E-state index is 13.8. The Bertz CT molecular complexity index is 955. The number of esters is 1. The Hall–Kier alpha value is -2.19. The number of unbranched alkanes of at least 4 members (excludes halogenated alkanes) is 9. The molecule has 2 aromatic carbocycles. The van der Waals surface area contributed by atoms with E-state index in [1.54, 1.807) is 0 Å². The summed E-state index contributed by atoms with van der Waals surface area (Å²) < 4.78 is 13.9. The summed E-state index contributed by atoms with van der Waals surface area (Å²) in [6.07, 6.45) is 12.3. The van der Waals surface area contributed by atoms with Gasteiger partial charge in [-0.05, 0) is 47.9 Å². The lowest BCUT2D eigenvalue weighted by Gasteiger charge is -2.23. The second kappa shape index (κ2) is 18.2. The van der Waals surface area contributed by atoms with Gasteiger partial charge in [0.1, 0.15) is 5.92 Å². The van der Waals surface area contributed by atoms with Crippen LogP contribution in [0.2, 0.25) is 0 Å². The molecule has 38 heavy (non-hydrogen) atoms. The molecule has 2 rings (SSSR count). The molecule has 5 heteroatoms. The molecule has 0 aliphatic rings. The summed E-state index contributed by atoms with van der Waals surface area (Å²) in [7, 11) is 0.611. The molecular weight excluding hydrogens is 491 g/mol. The van der Waals surface area contributed by atoms with E-state index >= 15 is 0 Å². The van der Waals surface area contributed by atoms with Gasteiger partial charge in [-0.2, -0.15) is 0 Å². The van der Waals surface area contributed by atoms with Crippen molar-refractivity contribution in [3.63, 3.8) is 0 Å². The molecule has 0 fully saturated rings. The Morgan fingerprint density at radius 1 is 0.789 bits per heavy atom. The van der Waals surface area contributed by atoms with Crippen molar-refractivity contribution < 1.29 is 18.9 Å². The molecule has 0 aliphatic carbocycles. The van der Waals surface area contributed by atoms with Crippen molar-refractivity contribution in [2.24, 2.45) is 0 Å². The highest BCUT2D eigenvalue weighted by molar-refractivity contribution is 7.00. The molecule has 0 heterocycles. The van der Waals surface area contributed by atoms with Crippen LogP contribution in [0.15, 0.2) is 42.5 Å². The highest BCUT2D eigenvalue weighted by Crippen LogP contribution is 2.31. The zero-order valence-corrected chi connectivity index (χ0v) is 26.2. The molecule has 2 atom stereocenters. The van der Waals surface area contributed by atoms with E-state index in [0.29, 0.717) is 26.9 Å². The van der Waals surface area contributed by atoms with E-state index in [9.17, 15) is 9.59 Å². The minimum Gasteiger partial charge on any atom is -0.465 e. The Morgan fingerprint density at radius 2 is 1.26 bits per heavy atom. The van der Waals surface area contributed by atoms with Gasteiger partial charge in [0.15, 0.2) is 5.78 Å². The van der Waals surface area contributed by atoms with Crippen LogP contribution in [-0.4, -0.2) is 18.4 Å². The third-order valence-electron chi connectivity index (χ3n) is 7.02. The SMILES string of the molecule is CCCCCCCCCCCCOC(=O)C(C(=O)c1c(C)cc(C(C)(C)C)cc1C)c1ccccc1.O=[PH3]. The predicted molar refractivity (Wildman–Crippen MR) is 163 cm³/mol. The molecule has 2 aromatic rings. The van der Waals surface area contributed by atoms with Crippen LogP contribution in [0.1, 0.15) is 130 Å². The van der Waals surface area contributed by atoms with E-state index in [1.807, 2.05) is 44.2 Å². The van der Waals surface area contributed by atoms with E-state index in [4.69, 9.17) is 9.30 Å². The molecular formula is C33H51O4P. The number of hydrogen-bond acceptors (Lipinski definition) is 4. The molecule has 0 amide bonds. The average molecular weight is 543 g/mol. The van der Waals surface area contributed by atoms with Gasteiger partial charge in [-0.3, -0.25) is 9.59 Å². The molecule has 2 unspecified atom stereocenters. The van der Waals surface area contributed by atoms with E-state index in [0.717, 1.165) is 24.0 Å². The second-order valence-electron chi connectivity index (χ2n) is 11.3. The first-order valence-electron chi connectivity index (χ1n) is 14.3. The van der Waals surface area contributed by atoms with Gasteiger partial charge in [-0.1, -0.05) is 128 Å². The highest BCUT2D eigenvalue weighted by Gasteiger charge is 2.33. The number of rotatable bonds is 15. The summed E-state index contributed by atoms with van der Waals surface area (Å²) in [6.45, 7) is 13.0. The Labute approximate surface area is 233 Å². The fourth-order valence-electron chi connectivity index (χ4n) is 4.82. The van der Waals surface area contributed by atoms with Crippen molar-refractivity contribution in [1.82, 2.24) is 0 Å². The number of ketones is 1. The summed E-state index contributed by atoms with van der Waals surface area (Å²) in [5.74, 6) is -1.56. The van der Waals surface area contributed by atoms with Gasteiger partial charge >= 0.3 is 5.97 Å². The van der Waals surface area contributed by atoms with E-state index in [-0.39, 0.29) is 11.2 Å². The molecule has 0 aromatic heterocycles. The topological polar surface area (TPSA) is 60.4 Å². The number of Topliss-reactive ketones (excluding diaryl/α,β-unsaturated/α-hetero) is 1. The van der Waals surface area contributed by atoms with Crippen molar-refractivity contribution in [3.05, 3.63) is 70.3 Å². The van der Waals surface area contributed by atoms with Crippen molar-refractivity contribution in [2.75, 3.05) is 6.61 Å². The summed E-state index contributed by atoms with van der Waals surface area (Å²) in [6, 6.07) is 13.5. The Balaban J connectivity index is 0.00000352. The van der Waals surface area contributed by atoms with Crippen LogP contribution in [0.25, 0.3) is 0 Å². The Kier molecular flexibility index (Phi) is 16.2. The van der Waals surface area contributed by atoms with Crippen LogP contribution < -0.4 is 0 Å². The van der Waals surface area contributed by atoms with Crippen LogP contribution in [-0.2, 0) is 19.5 Å². The standard InChI is InChI=1S/C33H48O3.H3OP/c1-7-8-9-10-11-12-13-14-15-19-22-36-32(35)30(27-20-17-16-18-21-27)31(34)29-25(2)23-28(24-26(29)3)33(4,5)6;1-2/h16-18,20-21,23-24,30H,7-15,19,22H2,1-6H3;2H3. The van der Waals surface area contributed by atoms with Crippen molar-refractivity contribution in [1.29, 1.82) is 0 Å². The third-order valence-corrected chi connectivity index (χ3v) is 7.02. The highest BCUT2D eigenvalue weighted by atomic mass is 31.0. The van der Waals surface area contributed by atoms with Gasteiger partial charge in [0.05, 0.1) is 15.7 Å². The first-order chi connectivity index (χ1) is 18.2. The number of ether oxygens (including phenoxy) is 1. The summed E-state index contributed by atoms with van der Waals surface area (Å²) >= 11 is 0. The van der Waals surface area contributed by atoms with E-state index < -0.39 is 11.9 Å². The van der Waals surface area contributed by atoms with Crippen LogP contribution in [0.4, 0.5) is 0 Å².